The van der Waals surface area contributed by atoms with Crippen LogP contribution < -0.4 is 4.74 Å². The number of epoxide rings is 2. The predicted octanol–water partition coefficient (Wildman–Crippen LogP) is 3.72. The number of hydrogen-bond donors (Lipinski definition) is 0. The molecule has 4 unspecified atom stereocenters. The standard InChI is InChI=1S/C27H32O7/c1-15-20(16-7-9-17(30-6)10-8-16)27(5)22(24(29)34-14-19-12-32-19)21(26(15,4)25(27,2)3)23(28)33-13-18-11-31-18/h7-10,18-19H,11-14H2,1-6H3. The van der Waals surface area contributed by atoms with Crippen LogP contribution in [0.25, 0.3) is 5.57 Å². The molecule has 2 saturated heterocycles. The van der Waals surface area contributed by atoms with Gasteiger partial charge >= 0.3 is 11.9 Å². The first-order valence-corrected chi connectivity index (χ1v) is 11.8. The van der Waals surface area contributed by atoms with Gasteiger partial charge in [-0.3, -0.25) is 0 Å². The molecule has 0 amide bonds. The second-order valence-corrected chi connectivity index (χ2v) is 10.5. The van der Waals surface area contributed by atoms with Gasteiger partial charge in [0.1, 0.15) is 31.2 Å². The van der Waals surface area contributed by atoms with Crippen molar-refractivity contribution in [3.8, 4) is 5.75 Å². The van der Waals surface area contributed by atoms with Gasteiger partial charge in [-0.2, -0.15) is 0 Å². The van der Waals surface area contributed by atoms with E-state index >= 15 is 0 Å². The van der Waals surface area contributed by atoms with Gasteiger partial charge in [-0.05, 0) is 35.6 Å². The number of allylic oxidation sites excluding steroid dienone is 2. The van der Waals surface area contributed by atoms with Crippen LogP contribution in [0, 0.1) is 16.2 Å². The highest BCUT2D eigenvalue weighted by molar-refractivity contribution is 6.10. The molecule has 5 rings (SSSR count). The minimum absolute atomic E-state index is 0.0616. The molecule has 0 aromatic heterocycles. The number of hydrogen-bond acceptors (Lipinski definition) is 7. The summed E-state index contributed by atoms with van der Waals surface area (Å²) in [6.45, 7) is 11.9. The minimum atomic E-state index is -0.771. The fourth-order valence-corrected chi connectivity index (χ4v) is 6.03. The van der Waals surface area contributed by atoms with Gasteiger partial charge in [0.25, 0.3) is 0 Å². The second kappa shape index (κ2) is 7.68. The molecule has 0 saturated carbocycles. The smallest absolute Gasteiger partial charge is 0.335 e. The minimum Gasteiger partial charge on any atom is -0.497 e. The van der Waals surface area contributed by atoms with Gasteiger partial charge in [-0.15, -0.1) is 0 Å². The molecule has 4 aliphatic rings. The zero-order chi connectivity index (χ0) is 24.5. The van der Waals surface area contributed by atoms with Crippen molar-refractivity contribution < 1.29 is 33.3 Å². The van der Waals surface area contributed by atoms with Gasteiger partial charge < -0.3 is 23.7 Å². The number of ether oxygens (including phenoxy) is 5. The number of rotatable bonds is 8. The van der Waals surface area contributed by atoms with Crippen LogP contribution in [0.2, 0.25) is 0 Å². The molecule has 2 aliphatic carbocycles. The fraction of sp³-hybridized carbons (Fsp3) is 0.556. The molecule has 0 spiro atoms. The molecule has 4 atom stereocenters. The predicted molar refractivity (Wildman–Crippen MR) is 124 cm³/mol. The molecule has 2 fully saturated rings. The Hall–Kier alpha value is -2.64. The van der Waals surface area contributed by atoms with Crippen LogP contribution >= 0.6 is 0 Å². The Morgan fingerprint density at radius 3 is 1.79 bits per heavy atom. The summed E-state index contributed by atoms with van der Waals surface area (Å²) < 4.78 is 27.1. The van der Waals surface area contributed by atoms with Gasteiger partial charge in [0.15, 0.2) is 0 Å². The summed E-state index contributed by atoms with van der Waals surface area (Å²) in [5, 5.41) is 0. The summed E-state index contributed by atoms with van der Waals surface area (Å²) >= 11 is 0. The van der Waals surface area contributed by atoms with Crippen LogP contribution in [0.1, 0.15) is 40.2 Å². The Kier molecular flexibility index (Phi) is 5.22. The summed E-state index contributed by atoms with van der Waals surface area (Å²) in [6.07, 6.45) is -0.131. The first-order chi connectivity index (χ1) is 16.1. The van der Waals surface area contributed by atoms with Crippen LogP contribution in [-0.4, -0.2) is 57.7 Å². The fourth-order valence-electron chi connectivity index (χ4n) is 6.03. The maximum atomic E-state index is 13.6. The van der Waals surface area contributed by atoms with Gasteiger partial charge in [0.05, 0.1) is 31.5 Å². The van der Waals surface area contributed by atoms with E-state index in [0.717, 1.165) is 22.5 Å². The van der Waals surface area contributed by atoms with Crippen molar-refractivity contribution in [2.24, 2.45) is 16.2 Å². The van der Waals surface area contributed by atoms with Crippen molar-refractivity contribution in [1.82, 2.24) is 0 Å². The molecule has 1 aromatic rings. The van der Waals surface area contributed by atoms with Crippen molar-refractivity contribution >= 4 is 17.5 Å². The SMILES string of the molecule is COc1ccc(C2=C(C)C3(C)C(C(=O)OCC4CO4)=C(C(=O)OCC4CO4)C2(C)C3(C)C)cc1. The molecule has 7 nitrogen and oxygen atoms in total. The molecule has 2 bridgehead atoms. The van der Waals surface area contributed by atoms with E-state index in [1.165, 1.54) is 0 Å². The van der Waals surface area contributed by atoms with E-state index in [2.05, 4.69) is 27.7 Å². The van der Waals surface area contributed by atoms with Gasteiger partial charge in [0, 0.05) is 10.8 Å². The van der Waals surface area contributed by atoms with Crippen molar-refractivity contribution in [3.05, 3.63) is 46.5 Å². The Balaban J connectivity index is 1.63. The normalized spacial score (nSPS) is 32.6. The molecule has 182 valence electrons. The van der Waals surface area contributed by atoms with Crippen molar-refractivity contribution in [2.75, 3.05) is 33.5 Å². The molecule has 2 aliphatic heterocycles. The zero-order valence-electron chi connectivity index (χ0n) is 20.7. The zero-order valence-corrected chi connectivity index (χ0v) is 20.7. The van der Waals surface area contributed by atoms with Gasteiger partial charge in [-0.1, -0.05) is 45.4 Å². The summed E-state index contributed by atoms with van der Waals surface area (Å²) in [5.74, 6) is -0.201. The number of benzene rings is 1. The van der Waals surface area contributed by atoms with Crippen LogP contribution in [0.5, 0.6) is 5.75 Å². The van der Waals surface area contributed by atoms with Crippen LogP contribution in [-0.2, 0) is 28.5 Å². The Labute approximate surface area is 200 Å². The lowest BCUT2D eigenvalue weighted by Crippen LogP contribution is -2.39. The third-order valence-corrected chi connectivity index (χ3v) is 8.77. The van der Waals surface area contributed by atoms with Crippen molar-refractivity contribution in [1.29, 1.82) is 0 Å². The molecule has 7 heteroatoms. The summed E-state index contributed by atoms with van der Waals surface area (Å²) in [6, 6.07) is 7.84. The van der Waals surface area contributed by atoms with E-state index in [4.69, 9.17) is 23.7 Å². The quantitative estimate of drug-likeness (QED) is 0.425. The van der Waals surface area contributed by atoms with Gasteiger partial charge in [-0.25, -0.2) is 9.59 Å². The van der Waals surface area contributed by atoms with Crippen LogP contribution in [0.3, 0.4) is 0 Å². The highest BCUT2D eigenvalue weighted by Gasteiger charge is 2.73. The average molecular weight is 469 g/mol. The first-order valence-electron chi connectivity index (χ1n) is 11.8. The summed E-state index contributed by atoms with van der Waals surface area (Å²) in [5.41, 5.74) is 1.90. The number of carbonyl (C=O) groups excluding carboxylic acids is 2. The third-order valence-electron chi connectivity index (χ3n) is 8.77. The van der Waals surface area contributed by atoms with E-state index in [0.29, 0.717) is 24.4 Å². The molecule has 0 N–H and O–H groups in total. The summed E-state index contributed by atoms with van der Waals surface area (Å²) in [7, 11) is 1.63. The molecule has 34 heavy (non-hydrogen) atoms. The number of esters is 2. The van der Waals surface area contributed by atoms with E-state index < -0.39 is 28.2 Å². The Morgan fingerprint density at radius 1 is 0.882 bits per heavy atom. The monoisotopic (exact) mass is 468 g/mol. The Bertz CT molecular complexity index is 1100. The lowest BCUT2D eigenvalue weighted by atomic mass is 9.59. The summed E-state index contributed by atoms with van der Waals surface area (Å²) in [4.78, 5) is 27.2. The number of carbonyl (C=O) groups is 2. The van der Waals surface area contributed by atoms with Crippen LogP contribution in [0.4, 0.5) is 0 Å². The topological polar surface area (TPSA) is 86.9 Å². The lowest BCUT2D eigenvalue weighted by Gasteiger charge is -2.42. The van der Waals surface area contributed by atoms with E-state index in [-0.39, 0.29) is 25.4 Å². The number of methoxy groups -OCH3 is 1. The number of fused-ring (bicyclic) bond motifs is 2. The molecule has 1 aromatic carbocycles. The largest absolute Gasteiger partial charge is 0.497 e. The van der Waals surface area contributed by atoms with Crippen molar-refractivity contribution in [2.45, 2.75) is 46.8 Å². The van der Waals surface area contributed by atoms with Crippen LogP contribution in [0.15, 0.2) is 41.0 Å². The maximum Gasteiger partial charge on any atom is 0.335 e. The first kappa shape index (κ1) is 23.1. The van der Waals surface area contributed by atoms with E-state index in [9.17, 15) is 9.59 Å². The maximum absolute atomic E-state index is 13.6. The molecular formula is C27H32O7. The molecule has 2 heterocycles. The molecule has 0 radical (unpaired) electrons. The third kappa shape index (κ3) is 3.09. The highest BCUT2D eigenvalue weighted by Crippen LogP contribution is 2.77. The van der Waals surface area contributed by atoms with E-state index in [1.807, 2.05) is 31.2 Å². The lowest BCUT2D eigenvalue weighted by molar-refractivity contribution is -0.143. The molecular weight excluding hydrogens is 436 g/mol. The Morgan fingerprint density at radius 2 is 1.35 bits per heavy atom. The van der Waals surface area contributed by atoms with E-state index in [1.54, 1.807) is 7.11 Å². The van der Waals surface area contributed by atoms with Gasteiger partial charge in [0.2, 0.25) is 0 Å². The second-order valence-electron chi connectivity index (χ2n) is 10.5. The van der Waals surface area contributed by atoms with Crippen molar-refractivity contribution in [3.63, 3.8) is 0 Å². The average Bonchev–Trinajstić information content (AvgIpc) is 3.72. The highest BCUT2D eigenvalue weighted by atomic mass is 16.6.